The lowest BCUT2D eigenvalue weighted by molar-refractivity contribution is -0.127. The van der Waals surface area contributed by atoms with Gasteiger partial charge in [0.1, 0.15) is 0 Å². The number of carbonyl (C=O) groups excluding carboxylic acids is 1. The third-order valence-corrected chi connectivity index (χ3v) is 5.14. The number of amides is 1. The Morgan fingerprint density at radius 3 is 2.62 bits per heavy atom. The molecule has 0 N–H and O–H groups in total. The molecular weight excluding hydrogens is 320 g/mol. The maximum Gasteiger partial charge on any atom is 0.233 e. The minimum absolute atomic E-state index is 0.134. The quantitative estimate of drug-likeness (QED) is 0.666. The SMILES string of the molecule is CCN(CC)C(=O)CSc1nnc2c(C)cc3ccc(C)cc3n12. The van der Waals surface area contributed by atoms with Crippen molar-refractivity contribution >= 4 is 34.2 Å². The Bertz CT molecular complexity index is 899. The number of hydrogen-bond acceptors (Lipinski definition) is 4. The highest BCUT2D eigenvalue weighted by atomic mass is 32.2. The first-order valence-electron chi connectivity index (χ1n) is 8.20. The summed E-state index contributed by atoms with van der Waals surface area (Å²) in [6, 6.07) is 8.50. The molecule has 0 bridgehead atoms. The van der Waals surface area contributed by atoms with Crippen LogP contribution < -0.4 is 0 Å². The number of fused-ring (bicyclic) bond motifs is 3. The summed E-state index contributed by atoms with van der Waals surface area (Å²) in [5, 5.41) is 10.6. The highest BCUT2D eigenvalue weighted by molar-refractivity contribution is 7.99. The van der Waals surface area contributed by atoms with Gasteiger partial charge >= 0.3 is 0 Å². The molecule has 24 heavy (non-hydrogen) atoms. The van der Waals surface area contributed by atoms with E-state index in [1.54, 1.807) is 0 Å². The molecule has 3 rings (SSSR count). The lowest BCUT2D eigenvalue weighted by Gasteiger charge is -2.17. The van der Waals surface area contributed by atoms with Crippen LogP contribution >= 0.6 is 11.8 Å². The van der Waals surface area contributed by atoms with E-state index in [1.807, 2.05) is 25.7 Å². The number of hydrogen-bond donors (Lipinski definition) is 0. The summed E-state index contributed by atoms with van der Waals surface area (Å²) in [7, 11) is 0. The van der Waals surface area contributed by atoms with Gasteiger partial charge in [0.2, 0.25) is 5.91 Å². The van der Waals surface area contributed by atoms with Gasteiger partial charge in [0.25, 0.3) is 0 Å². The Kier molecular flexibility index (Phi) is 4.76. The predicted molar refractivity (Wildman–Crippen MR) is 98.6 cm³/mol. The fraction of sp³-hybridized carbons (Fsp3) is 0.389. The van der Waals surface area contributed by atoms with Crippen LogP contribution in [0.15, 0.2) is 29.4 Å². The summed E-state index contributed by atoms with van der Waals surface area (Å²) in [6.07, 6.45) is 0. The first kappa shape index (κ1) is 16.8. The number of aryl methyl sites for hydroxylation is 2. The molecule has 3 aromatic rings. The van der Waals surface area contributed by atoms with Gasteiger partial charge in [-0.2, -0.15) is 0 Å². The second-order valence-corrected chi connectivity index (χ2v) is 6.83. The van der Waals surface area contributed by atoms with E-state index in [2.05, 4.69) is 45.8 Å². The molecular formula is C18H22N4OS. The monoisotopic (exact) mass is 342 g/mol. The molecule has 0 aliphatic heterocycles. The van der Waals surface area contributed by atoms with E-state index < -0.39 is 0 Å². The average molecular weight is 342 g/mol. The lowest BCUT2D eigenvalue weighted by Crippen LogP contribution is -2.31. The molecule has 126 valence electrons. The Morgan fingerprint density at radius 1 is 1.17 bits per heavy atom. The Morgan fingerprint density at radius 2 is 1.92 bits per heavy atom. The summed E-state index contributed by atoms with van der Waals surface area (Å²) in [5.41, 5.74) is 4.21. The molecule has 2 aromatic heterocycles. The second-order valence-electron chi connectivity index (χ2n) is 5.89. The van der Waals surface area contributed by atoms with E-state index in [4.69, 9.17) is 0 Å². The fourth-order valence-corrected chi connectivity index (χ4v) is 3.74. The molecule has 0 fully saturated rings. The summed E-state index contributed by atoms with van der Waals surface area (Å²) in [6.45, 7) is 9.58. The summed E-state index contributed by atoms with van der Waals surface area (Å²) >= 11 is 1.45. The number of rotatable bonds is 5. The molecule has 0 saturated carbocycles. The van der Waals surface area contributed by atoms with E-state index in [0.29, 0.717) is 5.75 Å². The molecule has 0 atom stereocenters. The van der Waals surface area contributed by atoms with Crippen LogP contribution in [0.3, 0.4) is 0 Å². The minimum atomic E-state index is 0.134. The number of carbonyl (C=O) groups is 1. The molecule has 0 saturated heterocycles. The fourth-order valence-electron chi connectivity index (χ4n) is 2.90. The van der Waals surface area contributed by atoms with Crippen molar-refractivity contribution in [2.45, 2.75) is 32.9 Å². The van der Waals surface area contributed by atoms with Crippen LogP contribution in [0.25, 0.3) is 16.6 Å². The summed E-state index contributed by atoms with van der Waals surface area (Å²) < 4.78 is 2.07. The third kappa shape index (κ3) is 2.98. The van der Waals surface area contributed by atoms with Gasteiger partial charge in [-0.15, -0.1) is 10.2 Å². The maximum atomic E-state index is 12.3. The van der Waals surface area contributed by atoms with Crippen molar-refractivity contribution in [3.8, 4) is 0 Å². The highest BCUT2D eigenvalue weighted by Gasteiger charge is 2.15. The van der Waals surface area contributed by atoms with Gasteiger partial charge in [-0.1, -0.05) is 23.9 Å². The first-order valence-corrected chi connectivity index (χ1v) is 9.19. The molecule has 0 aliphatic rings. The smallest absolute Gasteiger partial charge is 0.233 e. The second kappa shape index (κ2) is 6.81. The van der Waals surface area contributed by atoms with Crippen LogP contribution in [0.1, 0.15) is 25.0 Å². The maximum absolute atomic E-state index is 12.3. The Balaban J connectivity index is 2.01. The van der Waals surface area contributed by atoms with E-state index in [-0.39, 0.29) is 5.91 Å². The van der Waals surface area contributed by atoms with Gasteiger partial charge in [-0.25, -0.2) is 0 Å². The standard InChI is InChI=1S/C18H22N4OS/c1-5-21(6-2)16(23)11-24-18-20-19-17-13(4)10-14-8-7-12(3)9-15(14)22(17)18/h7-10H,5-6,11H2,1-4H3. The van der Waals surface area contributed by atoms with Crippen molar-refractivity contribution in [1.82, 2.24) is 19.5 Å². The topological polar surface area (TPSA) is 50.5 Å². The van der Waals surface area contributed by atoms with Gasteiger partial charge < -0.3 is 4.90 Å². The number of benzene rings is 1. The van der Waals surface area contributed by atoms with Crippen LogP contribution in [-0.4, -0.2) is 44.2 Å². The zero-order valence-electron chi connectivity index (χ0n) is 14.5. The molecule has 0 radical (unpaired) electrons. The number of pyridine rings is 1. The summed E-state index contributed by atoms with van der Waals surface area (Å²) in [5.74, 6) is 0.513. The first-order chi connectivity index (χ1) is 11.5. The number of nitrogens with zero attached hydrogens (tertiary/aromatic N) is 4. The van der Waals surface area contributed by atoms with Gasteiger partial charge in [0, 0.05) is 13.1 Å². The lowest BCUT2D eigenvalue weighted by atomic mass is 10.1. The van der Waals surface area contributed by atoms with Crippen LogP contribution in [0, 0.1) is 13.8 Å². The molecule has 2 heterocycles. The van der Waals surface area contributed by atoms with Gasteiger partial charge in [-0.05, 0) is 56.3 Å². The molecule has 0 unspecified atom stereocenters. The van der Waals surface area contributed by atoms with Crippen molar-refractivity contribution in [2.24, 2.45) is 0 Å². The average Bonchev–Trinajstić information content (AvgIpc) is 3.00. The predicted octanol–water partition coefficient (Wildman–Crippen LogP) is 3.46. The van der Waals surface area contributed by atoms with Crippen LogP contribution in [-0.2, 0) is 4.79 Å². The van der Waals surface area contributed by atoms with E-state index >= 15 is 0 Å². The van der Waals surface area contributed by atoms with E-state index in [9.17, 15) is 4.79 Å². The normalized spacial score (nSPS) is 11.3. The number of aromatic nitrogens is 3. The van der Waals surface area contributed by atoms with Crippen LogP contribution in [0.4, 0.5) is 0 Å². The van der Waals surface area contributed by atoms with Crippen molar-refractivity contribution in [3.05, 3.63) is 35.4 Å². The zero-order chi connectivity index (χ0) is 17.3. The third-order valence-electron chi connectivity index (χ3n) is 4.23. The molecule has 0 aliphatic carbocycles. The molecule has 1 aromatic carbocycles. The van der Waals surface area contributed by atoms with Gasteiger partial charge in [-0.3, -0.25) is 9.20 Å². The Hall–Kier alpha value is -2.08. The van der Waals surface area contributed by atoms with Gasteiger partial charge in [0.15, 0.2) is 10.8 Å². The van der Waals surface area contributed by atoms with Crippen LogP contribution in [0.2, 0.25) is 0 Å². The Labute approximate surface area is 146 Å². The molecule has 1 amide bonds. The molecule has 6 heteroatoms. The van der Waals surface area contributed by atoms with Gasteiger partial charge in [0.05, 0.1) is 11.3 Å². The molecule has 0 spiro atoms. The van der Waals surface area contributed by atoms with E-state index in [1.165, 1.54) is 17.3 Å². The van der Waals surface area contributed by atoms with E-state index in [0.717, 1.165) is 40.4 Å². The van der Waals surface area contributed by atoms with Crippen molar-refractivity contribution in [1.29, 1.82) is 0 Å². The highest BCUT2D eigenvalue weighted by Crippen LogP contribution is 2.26. The summed E-state index contributed by atoms with van der Waals surface area (Å²) in [4.78, 5) is 14.1. The number of thioether (sulfide) groups is 1. The van der Waals surface area contributed by atoms with Crippen molar-refractivity contribution < 1.29 is 4.79 Å². The van der Waals surface area contributed by atoms with Crippen molar-refractivity contribution in [3.63, 3.8) is 0 Å². The van der Waals surface area contributed by atoms with Crippen LogP contribution in [0.5, 0.6) is 0 Å². The van der Waals surface area contributed by atoms with Crippen molar-refractivity contribution in [2.75, 3.05) is 18.8 Å². The largest absolute Gasteiger partial charge is 0.343 e. The minimum Gasteiger partial charge on any atom is -0.343 e. The zero-order valence-corrected chi connectivity index (χ0v) is 15.4. The molecule has 5 nitrogen and oxygen atoms in total.